The van der Waals surface area contributed by atoms with Gasteiger partial charge in [0.15, 0.2) is 0 Å². The summed E-state index contributed by atoms with van der Waals surface area (Å²) in [6.45, 7) is 2.24. The van der Waals surface area contributed by atoms with Gasteiger partial charge in [0.05, 0.1) is 11.8 Å². The van der Waals surface area contributed by atoms with Crippen LogP contribution < -0.4 is 10.5 Å². The first kappa shape index (κ1) is 15.1. The summed E-state index contributed by atoms with van der Waals surface area (Å²) in [5.41, 5.74) is 8.19. The standard InChI is InChI=1S/C17H20N2O2/c1-2-16(20)12-21-17-9-3-13(4-10-17)11-19-15-7-5-14(18)6-8-15/h3-11,16,20H,2,12,18H2,1H3. The van der Waals surface area contributed by atoms with Gasteiger partial charge in [0.25, 0.3) is 0 Å². The second kappa shape index (κ2) is 7.45. The number of hydrogen-bond acceptors (Lipinski definition) is 4. The van der Waals surface area contributed by atoms with Crippen LogP contribution in [0.5, 0.6) is 5.75 Å². The van der Waals surface area contributed by atoms with E-state index in [1.807, 2.05) is 55.5 Å². The first-order valence-corrected chi connectivity index (χ1v) is 6.98. The highest BCUT2D eigenvalue weighted by atomic mass is 16.5. The zero-order valence-electron chi connectivity index (χ0n) is 12.1. The maximum Gasteiger partial charge on any atom is 0.119 e. The molecule has 0 heterocycles. The summed E-state index contributed by atoms with van der Waals surface area (Å²) in [7, 11) is 0. The van der Waals surface area contributed by atoms with Crippen molar-refractivity contribution in [1.29, 1.82) is 0 Å². The van der Waals surface area contributed by atoms with E-state index in [1.165, 1.54) is 0 Å². The van der Waals surface area contributed by atoms with Gasteiger partial charge in [0, 0.05) is 11.9 Å². The van der Waals surface area contributed by atoms with Gasteiger partial charge < -0.3 is 15.6 Å². The lowest BCUT2D eigenvalue weighted by Gasteiger charge is -2.10. The van der Waals surface area contributed by atoms with Crippen LogP contribution >= 0.6 is 0 Å². The number of benzene rings is 2. The first-order chi connectivity index (χ1) is 10.2. The van der Waals surface area contributed by atoms with Crippen LogP contribution in [0, 0.1) is 0 Å². The highest BCUT2D eigenvalue weighted by molar-refractivity contribution is 5.82. The molecule has 110 valence electrons. The zero-order valence-corrected chi connectivity index (χ0v) is 12.1. The van der Waals surface area contributed by atoms with E-state index in [4.69, 9.17) is 10.5 Å². The molecular weight excluding hydrogens is 264 g/mol. The van der Waals surface area contributed by atoms with Crippen molar-refractivity contribution in [2.45, 2.75) is 19.4 Å². The second-order valence-electron chi connectivity index (χ2n) is 4.79. The van der Waals surface area contributed by atoms with Gasteiger partial charge in [-0.3, -0.25) is 4.99 Å². The average Bonchev–Trinajstić information content (AvgIpc) is 2.53. The molecule has 2 rings (SSSR count). The van der Waals surface area contributed by atoms with E-state index in [-0.39, 0.29) is 0 Å². The van der Waals surface area contributed by atoms with E-state index in [0.717, 1.165) is 22.7 Å². The summed E-state index contributed by atoms with van der Waals surface area (Å²) in [4.78, 5) is 4.37. The van der Waals surface area contributed by atoms with E-state index in [2.05, 4.69) is 4.99 Å². The van der Waals surface area contributed by atoms with Crippen LogP contribution in [0.1, 0.15) is 18.9 Å². The number of aliphatic imine (C=N–C) groups is 1. The van der Waals surface area contributed by atoms with Crippen LogP contribution in [0.3, 0.4) is 0 Å². The fourth-order valence-electron chi connectivity index (χ4n) is 1.67. The van der Waals surface area contributed by atoms with Gasteiger partial charge in [-0.2, -0.15) is 0 Å². The highest BCUT2D eigenvalue weighted by Gasteiger charge is 2.01. The molecule has 4 nitrogen and oxygen atoms in total. The fraction of sp³-hybridized carbons (Fsp3) is 0.235. The highest BCUT2D eigenvalue weighted by Crippen LogP contribution is 2.15. The van der Waals surface area contributed by atoms with Crippen molar-refractivity contribution in [1.82, 2.24) is 0 Å². The SMILES string of the molecule is CCC(O)COc1ccc(C=Nc2ccc(N)cc2)cc1. The molecule has 0 bridgehead atoms. The van der Waals surface area contributed by atoms with E-state index < -0.39 is 6.10 Å². The maximum atomic E-state index is 9.45. The number of nitrogens with two attached hydrogens (primary N) is 1. The van der Waals surface area contributed by atoms with Crippen molar-refractivity contribution in [2.75, 3.05) is 12.3 Å². The van der Waals surface area contributed by atoms with E-state index in [0.29, 0.717) is 13.0 Å². The van der Waals surface area contributed by atoms with Crippen LogP contribution in [-0.2, 0) is 0 Å². The molecule has 0 aliphatic heterocycles. The summed E-state index contributed by atoms with van der Waals surface area (Å²) < 4.78 is 5.48. The number of aliphatic hydroxyl groups excluding tert-OH is 1. The minimum Gasteiger partial charge on any atom is -0.491 e. The third-order valence-electron chi connectivity index (χ3n) is 3.05. The maximum absolute atomic E-state index is 9.45. The van der Waals surface area contributed by atoms with Gasteiger partial charge in [-0.25, -0.2) is 0 Å². The van der Waals surface area contributed by atoms with Gasteiger partial charge >= 0.3 is 0 Å². The Morgan fingerprint density at radius 2 is 1.81 bits per heavy atom. The second-order valence-corrected chi connectivity index (χ2v) is 4.79. The van der Waals surface area contributed by atoms with Crippen LogP contribution in [0.4, 0.5) is 11.4 Å². The third-order valence-corrected chi connectivity index (χ3v) is 3.05. The summed E-state index contributed by atoms with van der Waals surface area (Å²) in [6.07, 6.45) is 2.06. The van der Waals surface area contributed by atoms with Gasteiger partial charge in [-0.05, 0) is 60.5 Å². The molecule has 21 heavy (non-hydrogen) atoms. The van der Waals surface area contributed by atoms with Crippen molar-refractivity contribution < 1.29 is 9.84 Å². The molecule has 0 fully saturated rings. The molecule has 2 aromatic rings. The Hall–Kier alpha value is -2.33. The van der Waals surface area contributed by atoms with Crippen LogP contribution in [0.2, 0.25) is 0 Å². The van der Waals surface area contributed by atoms with E-state index in [1.54, 1.807) is 6.21 Å². The Balaban J connectivity index is 1.94. The lowest BCUT2D eigenvalue weighted by atomic mass is 10.2. The Bertz CT molecular complexity index is 577. The normalized spacial score (nSPS) is 12.5. The zero-order chi connectivity index (χ0) is 15.1. The predicted octanol–water partition coefficient (Wildman–Crippen LogP) is 3.17. The molecule has 0 saturated heterocycles. The average molecular weight is 284 g/mol. The minimum absolute atomic E-state index is 0.315. The minimum atomic E-state index is -0.420. The largest absolute Gasteiger partial charge is 0.491 e. The van der Waals surface area contributed by atoms with Crippen molar-refractivity contribution in [3.63, 3.8) is 0 Å². The Morgan fingerprint density at radius 1 is 1.14 bits per heavy atom. The Morgan fingerprint density at radius 3 is 2.43 bits per heavy atom. The number of nitrogens with zero attached hydrogens (tertiary/aromatic N) is 1. The van der Waals surface area contributed by atoms with Gasteiger partial charge in [-0.15, -0.1) is 0 Å². The molecule has 1 unspecified atom stereocenters. The molecule has 4 heteroatoms. The van der Waals surface area contributed by atoms with Crippen molar-refractivity contribution in [2.24, 2.45) is 4.99 Å². The third kappa shape index (κ3) is 4.93. The molecule has 3 N–H and O–H groups in total. The van der Waals surface area contributed by atoms with Crippen LogP contribution in [0.25, 0.3) is 0 Å². The molecule has 0 saturated carbocycles. The Labute approximate surface area is 124 Å². The quantitative estimate of drug-likeness (QED) is 0.632. The Kier molecular flexibility index (Phi) is 5.35. The fourth-order valence-corrected chi connectivity index (χ4v) is 1.67. The number of anilines is 1. The summed E-state index contributed by atoms with van der Waals surface area (Å²) >= 11 is 0. The number of nitrogen functional groups attached to an aromatic ring is 1. The van der Waals surface area contributed by atoms with Crippen molar-refractivity contribution in [3.05, 3.63) is 54.1 Å². The molecule has 2 aromatic carbocycles. The van der Waals surface area contributed by atoms with Gasteiger partial charge in [0.2, 0.25) is 0 Å². The summed E-state index contributed by atoms with van der Waals surface area (Å²) in [6, 6.07) is 15.0. The molecule has 0 aliphatic carbocycles. The number of rotatable bonds is 6. The van der Waals surface area contributed by atoms with Gasteiger partial charge in [0.1, 0.15) is 12.4 Å². The summed E-state index contributed by atoms with van der Waals surface area (Å²) in [5.74, 6) is 0.743. The molecule has 0 aromatic heterocycles. The number of hydrogen-bond donors (Lipinski definition) is 2. The number of aliphatic hydroxyl groups is 1. The molecule has 0 spiro atoms. The molecular formula is C17H20N2O2. The lowest BCUT2D eigenvalue weighted by molar-refractivity contribution is 0.104. The summed E-state index contributed by atoms with van der Waals surface area (Å²) in [5, 5.41) is 9.45. The first-order valence-electron chi connectivity index (χ1n) is 6.98. The van der Waals surface area contributed by atoms with E-state index in [9.17, 15) is 5.11 Å². The van der Waals surface area contributed by atoms with Crippen molar-refractivity contribution in [3.8, 4) is 5.75 Å². The van der Waals surface area contributed by atoms with Crippen LogP contribution in [0.15, 0.2) is 53.5 Å². The predicted molar refractivity (Wildman–Crippen MR) is 86.3 cm³/mol. The molecule has 0 aliphatic rings. The molecule has 0 radical (unpaired) electrons. The van der Waals surface area contributed by atoms with E-state index >= 15 is 0 Å². The van der Waals surface area contributed by atoms with Gasteiger partial charge in [-0.1, -0.05) is 6.92 Å². The smallest absolute Gasteiger partial charge is 0.119 e. The lowest BCUT2D eigenvalue weighted by Crippen LogP contribution is -2.15. The van der Waals surface area contributed by atoms with Crippen molar-refractivity contribution >= 4 is 17.6 Å². The monoisotopic (exact) mass is 284 g/mol. The molecule has 0 amide bonds. The van der Waals surface area contributed by atoms with Crippen LogP contribution in [-0.4, -0.2) is 24.0 Å². The number of ether oxygens (including phenoxy) is 1. The topological polar surface area (TPSA) is 67.8 Å². The molecule has 1 atom stereocenters.